The number of nitrogens with one attached hydrogen (secondary N) is 2. The number of aromatic hydroxyl groups is 1. The Morgan fingerprint density at radius 1 is 1.00 bits per heavy atom. The number of nitrogens with zero attached hydrogens (tertiary/aromatic N) is 1. The number of phenolic OH excluding ortho intramolecular Hbond substituents is 1. The maximum absolute atomic E-state index is 14.0. The van der Waals surface area contributed by atoms with Crippen LogP contribution in [0.25, 0.3) is 0 Å². The second-order valence-corrected chi connectivity index (χ2v) is 10.6. The van der Waals surface area contributed by atoms with E-state index in [1.807, 2.05) is 52.8 Å². The van der Waals surface area contributed by atoms with Gasteiger partial charge in [0.25, 0.3) is 5.91 Å². The van der Waals surface area contributed by atoms with Crippen molar-refractivity contribution in [3.05, 3.63) is 59.2 Å². The number of aryl methyl sites for hydroxylation is 2. The van der Waals surface area contributed by atoms with Gasteiger partial charge in [0.15, 0.2) is 0 Å². The fourth-order valence-corrected chi connectivity index (χ4v) is 4.11. The highest BCUT2D eigenvalue weighted by molar-refractivity contribution is 6.00. The first-order chi connectivity index (χ1) is 17.3. The summed E-state index contributed by atoms with van der Waals surface area (Å²) in [6, 6.07) is 10.1. The summed E-state index contributed by atoms with van der Waals surface area (Å²) < 4.78 is 5.39. The third-order valence-electron chi connectivity index (χ3n) is 5.87. The van der Waals surface area contributed by atoms with Gasteiger partial charge in [-0.1, -0.05) is 57.2 Å². The molecule has 0 bridgehead atoms. The smallest absolute Gasteiger partial charge is 0.408 e. The van der Waals surface area contributed by atoms with Crippen LogP contribution in [0.3, 0.4) is 0 Å². The number of amides is 3. The molecule has 8 heteroatoms. The number of phenols is 1. The van der Waals surface area contributed by atoms with Crippen molar-refractivity contribution in [2.75, 3.05) is 11.9 Å². The van der Waals surface area contributed by atoms with E-state index < -0.39 is 35.6 Å². The Labute approximate surface area is 220 Å². The molecule has 2 aromatic carbocycles. The molecule has 0 heterocycles. The molecule has 0 aliphatic rings. The van der Waals surface area contributed by atoms with Gasteiger partial charge in [0.2, 0.25) is 5.91 Å². The van der Waals surface area contributed by atoms with Crippen LogP contribution in [-0.4, -0.2) is 46.1 Å². The zero-order valence-corrected chi connectivity index (χ0v) is 23.2. The van der Waals surface area contributed by atoms with Gasteiger partial charge in [-0.05, 0) is 64.2 Å². The van der Waals surface area contributed by atoms with Crippen LogP contribution < -0.4 is 10.6 Å². The summed E-state index contributed by atoms with van der Waals surface area (Å²) in [7, 11) is 0. The Morgan fingerprint density at radius 3 is 2.11 bits per heavy atom. The summed E-state index contributed by atoms with van der Waals surface area (Å²) >= 11 is 0. The van der Waals surface area contributed by atoms with E-state index >= 15 is 0 Å². The predicted molar refractivity (Wildman–Crippen MR) is 145 cm³/mol. The molecule has 0 saturated carbocycles. The quantitative estimate of drug-likeness (QED) is 0.413. The molecule has 0 radical (unpaired) electrons. The lowest BCUT2D eigenvalue weighted by molar-refractivity contribution is -0.141. The van der Waals surface area contributed by atoms with Crippen molar-refractivity contribution in [1.29, 1.82) is 0 Å². The van der Waals surface area contributed by atoms with Gasteiger partial charge in [0, 0.05) is 17.8 Å². The number of ether oxygens (including phenoxy) is 1. The van der Waals surface area contributed by atoms with Crippen molar-refractivity contribution in [2.45, 2.75) is 79.5 Å². The number of alkyl carbamates (subject to hydrolysis) is 1. The summed E-state index contributed by atoms with van der Waals surface area (Å²) in [6.07, 6.45) is -0.154. The minimum atomic E-state index is -1.13. The molecule has 2 aromatic rings. The molecule has 0 aromatic heterocycles. The topological polar surface area (TPSA) is 108 Å². The molecule has 2 atom stereocenters. The standard InChI is InChI=1S/C29H41N3O5/c1-9-17-32(27(35)23(18(2)3)31-28(36)37-29(6,7)8)25(21-15-10-11-16-22(21)33)26(34)30-24-19(4)13-12-14-20(24)5/h10-16,18,23,25,33H,9,17H2,1-8H3,(H,30,34)(H,31,36). The highest BCUT2D eigenvalue weighted by Gasteiger charge is 2.38. The molecule has 0 saturated heterocycles. The van der Waals surface area contributed by atoms with Gasteiger partial charge in [0.1, 0.15) is 23.4 Å². The largest absolute Gasteiger partial charge is 0.508 e. The third-order valence-corrected chi connectivity index (χ3v) is 5.87. The Kier molecular flexibility index (Phi) is 10.1. The van der Waals surface area contributed by atoms with Gasteiger partial charge in [0.05, 0.1) is 0 Å². The highest BCUT2D eigenvalue weighted by Crippen LogP contribution is 2.32. The summed E-state index contributed by atoms with van der Waals surface area (Å²) in [4.78, 5) is 41.9. The fraction of sp³-hybridized carbons (Fsp3) is 0.483. The second kappa shape index (κ2) is 12.6. The number of benzene rings is 2. The summed E-state index contributed by atoms with van der Waals surface area (Å²) in [5.74, 6) is -1.28. The number of carbonyl (C=O) groups excluding carboxylic acids is 3. The molecule has 2 unspecified atom stereocenters. The van der Waals surface area contributed by atoms with Crippen LogP contribution in [0.5, 0.6) is 5.75 Å². The number of para-hydroxylation sites is 2. The van der Waals surface area contributed by atoms with E-state index in [-0.39, 0.29) is 18.2 Å². The zero-order valence-electron chi connectivity index (χ0n) is 23.2. The number of rotatable bonds is 9. The summed E-state index contributed by atoms with van der Waals surface area (Å²) in [5, 5.41) is 16.4. The molecular weight excluding hydrogens is 470 g/mol. The van der Waals surface area contributed by atoms with Crippen LogP contribution in [0.1, 0.15) is 70.7 Å². The SMILES string of the molecule is CCCN(C(=O)C(NC(=O)OC(C)(C)C)C(C)C)C(C(=O)Nc1c(C)cccc1C)c1ccccc1O. The molecule has 0 aliphatic heterocycles. The van der Waals surface area contributed by atoms with Crippen LogP contribution in [0, 0.1) is 19.8 Å². The zero-order chi connectivity index (χ0) is 27.9. The lowest BCUT2D eigenvalue weighted by atomic mass is 9.97. The van der Waals surface area contributed by atoms with Crippen LogP contribution in [0.4, 0.5) is 10.5 Å². The van der Waals surface area contributed by atoms with Crippen molar-refractivity contribution < 1.29 is 24.2 Å². The van der Waals surface area contributed by atoms with E-state index in [0.717, 1.165) is 11.1 Å². The van der Waals surface area contributed by atoms with Gasteiger partial charge in [-0.25, -0.2) is 4.79 Å². The lowest BCUT2D eigenvalue weighted by Crippen LogP contribution is -2.54. The molecule has 0 aliphatic carbocycles. The molecular formula is C29H41N3O5. The Bertz CT molecular complexity index is 1090. The molecule has 37 heavy (non-hydrogen) atoms. The van der Waals surface area contributed by atoms with Gasteiger partial charge < -0.3 is 25.4 Å². The number of anilines is 1. The molecule has 0 fully saturated rings. The second-order valence-electron chi connectivity index (χ2n) is 10.6. The highest BCUT2D eigenvalue weighted by atomic mass is 16.6. The molecule has 3 amide bonds. The molecule has 8 nitrogen and oxygen atoms in total. The van der Waals surface area contributed by atoms with Crippen LogP contribution in [0.2, 0.25) is 0 Å². The number of hydrogen-bond donors (Lipinski definition) is 3. The van der Waals surface area contributed by atoms with Crippen LogP contribution in [0.15, 0.2) is 42.5 Å². The maximum atomic E-state index is 14.0. The monoisotopic (exact) mass is 511 g/mol. The van der Waals surface area contributed by atoms with Crippen molar-refractivity contribution in [2.24, 2.45) is 5.92 Å². The predicted octanol–water partition coefficient (Wildman–Crippen LogP) is 5.48. The Balaban J connectivity index is 2.54. The van der Waals surface area contributed by atoms with E-state index in [1.54, 1.807) is 39.0 Å². The minimum Gasteiger partial charge on any atom is -0.508 e. The third kappa shape index (κ3) is 7.97. The first-order valence-corrected chi connectivity index (χ1v) is 12.7. The molecule has 2 rings (SSSR count). The number of hydrogen-bond acceptors (Lipinski definition) is 5. The van der Waals surface area contributed by atoms with E-state index in [4.69, 9.17) is 4.74 Å². The molecule has 0 spiro atoms. The van der Waals surface area contributed by atoms with Crippen LogP contribution in [-0.2, 0) is 14.3 Å². The van der Waals surface area contributed by atoms with Crippen LogP contribution >= 0.6 is 0 Å². The van der Waals surface area contributed by atoms with Crippen molar-refractivity contribution in [3.8, 4) is 5.75 Å². The summed E-state index contributed by atoms with van der Waals surface area (Å²) in [5.41, 5.74) is 1.98. The van der Waals surface area contributed by atoms with Gasteiger partial charge in [-0.3, -0.25) is 9.59 Å². The lowest BCUT2D eigenvalue weighted by Gasteiger charge is -2.35. The van der Waals surface area contributed by atoms with Crippen molar-refractivity contribution in [1.82, 2.24) is 10.2 Å². The Morgan fingerprint density at radius 2 is 1.59 bits per heavy atom. The van der Waals surface area contributed by atoms with Crippen molar-refractivity contribution in [3.63, 3.8) is 0 Å². The minimum absolute atomic E-state index is 0.0979. The fourth-order valence-electron chi connectivity index (χ4n) is 4.11. The van der Waals surface area contributed by atoms with Gasteiger partial charge >= 0.3 is 6.09 Å². The number of carbonyl (C=O) groups is 3. The molecule has 202 valence electrons. The normalized spacial score (nSPS) is 13.0. The van der Waals surface area contributed by atoms with Gasteiger partial charge in [-0.15, -0.1) is 0 Å². The van der Waals surface area contributed by atoms with E-state index in [0.29, 0.717) is 17.7 Å². The average Bonchev–Trinajstić information content (AvgIpc) is 2.79. The van der Waals surface area contributed by atoms with Gasteiger partial charge in [-0.2, -0.15) is 0 Å². The average molecular weight is 512 g/mol. The van der Waals surface area contributed by atoms with E-state index in [1.165, 1.54) is 11.0 Å². The first kappa shape index (κ1) is 29.7. The molecule has 3 N–H and O–H groups in total. The first-order valence-electron chi connectivity index (χ1n) is 12.7. The summed E-state index contributed by atoms with van der Waals surface area (Å²) in [6.45, 7) is 14.8. The van der Waals surface area contributed by atoms with Crippen molar-refractivity contribution >= 4 is 23.6 Å². The van der Waals surface area contributed by atoms with E-state index in [2.05, 4.69) is 10.6 Å². The van der Waals surface area contributed by atoms with E-state index in [9.17, 15) is 19.5 Å². The maximum Gasteiger partial charge on any atom is 0.408 e. The Hall–Kier alpha value is -3.55.